The third-order valence-corrected chi connectivity index (χ3v) is 4.77. The minimum absolute atomic E-state index is 0.458. The zero-order chi connectivity index (χ0) is 11.5. The topological polar surface area (TPSA) is 29.3 Å². The monoisotopic (exact) mass is 224 g/mol. The normalized spacial score (nSPS) is 37.1. The lowest BCUT2D eigenvalue weighted by atomic mass is 9.79. The van der Waals surface area contributed by atoms with Crippen LogP contribution in [0.2, 0.25) is 0 Å². The summed E-state index contributed by atoms with van der Waals surface area (Å²) < 4.78 is 0. The van der Waals surface area contributed by atoms with E-state index in [-0.39, 0.29) is 0 Å². The molecule has 0 aromatic heterocycles. The molecule has 0 aromatic carbocycles. The summed E-state index contributed by atoms with van der Waals surface area (Å²) in [5, 5.41) is 0. The van der Waals surface area contributed by atoms with Crippen molar-refractivity contribution in [2.45, 2.75) is 64.0 Å². The first-order chi connectivity index (χ1) is 7.66. The van der Waals surface area contributed by atoms with Gasteiger partial charge in [-0.3, -0.25) is 0 Å². The Kier molecular flexibility index (Phi) is 4.26. The summed E-state index contributed by atoms with van der Waals surface area (Å²) in [5.41, 5.74) is 6.26. The first-order valence-electron chi connectivity index (χ1n) is 7.12. The van der Waals surface area contributed by atoms with Gasteiger partial charge >= 0.3 is 0 Å². The van der Waals surface area contributed by atoms with Gasteiger partial charge in [-0.2, -0.15) is 0 Å². The molecule has 0 aromatic rings. The van der Waals surface area contributed by atoms with Gasteiger partial charge in [-0.05, 0) is 51.0 Å². The van der Waals surface area contributed by atoms with Crippen LogP contribution in [0.15, 0.2) is 0 Å². The van der Waals surface area contributed by atoms with Crippen LogP contribution in [0.4, 0.5) is 0 Å². The van der Waals surface area contributed by atoms with Gasteiger partial charge in [0.15, 0.2) is 0 Å². The average Bonchev–Trinajstić information content (AvgIpc) is 2.76. The Labute approximate surface area is 101 Å². The molecule has 0 heterocycles. The van der Waals surface area contributed by atoms with Crippen molar-refractivity contribution in [1.82, 2.24) is 4.90 Å². The molecule has 2 rings (SSSR count). The molecule has 0 bridgehead atoms. The summed E-state index contributed by atoms with van der Waals surface area (Å²) in [5.74, 6) is 1.64. The van der Waals surface area contributed by atoms with Gasteiger partial charge in [-0.1, -0.05) is 19.8 Å². The molecule has 2 fully saturated rings. The van der Waals surface area contributed by atoms with E-state index in [9.17, 15) is 0 Å². The molecular weight excluding hydrogens is 196 g/mol. The molecule has 0 amide bonds. The van der Waals surface area contributed by atoms with E-state index in [0.29, 0.717) is 6.04 Å². The number of hydrogen-bond acceptors (Lipinski definition) is 2. The lowest BCUT2D eigenvalue weighted by Gasteiger charge is -2.36. The Bertz CT molecular complexity index is 211. The Hall–Kier alpha value is -0.0800. The molecule has 2 nitrogen and oxygen atoms in total. The molecule has 2 saturated carbocycles. The second kappa shape index (κ2) is 5.50. The summed E-state index contributed by atoms with van der Waals surface area (Å²) in [7, 11) is 2.31. The summed E-state index contributed by atoms with van der Waals surface area (Å²) in [6.45, 7) is 3.62. The zero-order valence-electron chi connectivity index (χ0n) is 11.0. The largest absolute Gasteiger partial charge is 0.327 e. The van der Waals surface area contributed by atoms with Crippen LogP contribution in [0.25, 0.3) is 0 Å². The van der Waals surface area contributed by atoms with Gasteiger partial charge in [0.25, 0.3) is 0 Å². The van der Waals surface area contributed by atoms with Gasteiger partial charge in [0.05, 0.1) is 0 Å². The molecule has 0 saturated heterocycles. The fourth-order valence-corrected chi connectivity index (χ4v) is 3.60. The predicted octanol–water partition coefficient (Wildman–Crippen LogP) is 2.62. The molecule has 0 aliphatic heterocycles. The zero-order valence-corrected chi connectivity index (χ0v) is 11.0. The van der Waals surface area contributed by atoms with Crippen LogP contribution in [0, 0.1) is 11.8 Å². The SMILES string of the molecule is CC1CCC(N)C(CN(C)C2CCCC2)C1. The second-order valence-electron chi connectivity index (χ2n) is 6.22. The Morgan fingerprint density at radius 3 is 2.50 bits per heavy atom. The van der Waals surface area contributed by atoms with Crippen molar-refractivity contribution in [2.75, 3.05) is 13.6 Å². The van der Waals surface area contributed by atoms with Crippen molar-refractivity contribution < 1.29 is 0 Å². The molecule has 3 unspecified atom stereocenters. The van der Waals surface area contributed by atoms with E-state index >= 15 is 0 Å². The van der Waals surface area contributed by atoms with Gasteiger partial charge < -0.3 is 10.6 Å². The average molecular weight is 224 g/mol. The quantitative estimate of drug-likeness (QED) is 0.798. The van der Waals surface area contributed by atoms with Crippen LogP contribution in [-0.2, 0) is 0 Å². The lowest BCUT2D eigenvalue weighted by Crippen LogP contribution is -2.44. The molecule has 3 atom stereocenters. The maximum atomic E-state index is 6.26. The van der Waals surface area contributed by atoms with E-state index < -0.39 is 0 Å². The van der Waals surface area contributed by atoms with E-state index in [4.69, 9.17) is 5.73 Å². The highest BCUT2D eigenvalue weighted by Gasteiger charge is 2.29. The van der Waals surface area contributed by atoms with Gasteiger partial charge in [-0.15, -0.1) is 0 Å². The highest BCUT2D eigenvalue weighted by molar-refractivity contribution is 4.85. The molecule has 0 spiro atoms. The van der Waals surface area contributed by atoms with Gasteiger partial charge in [0.1, 0.15) is 0 Å². The van der Waals surface area contributed by atoms with Crippen LogP contribution < -0.4 is 5.73 Å². The first kappa shape index (κ1) is 12.4. The van der Waals surface area contributed by atoms with E-state index in [1.165, 1.54) is 51.5 Å². The summed E-state index contributed by atoms with van der Waals surface area (Å²) in [6.07, 6.45) is 9.61. The van der Waals surface area contributed by atoms with Crippen molar-refractivity contribution in [3.8, 4) is 0 Å². The molecule has 16 heavy (non-hydrogen) atoms. The highest BCUT2D eigenvalue weighted by Crippen LogP contribution is 2.30. The van der Waals surface area contributed by atoms with E-state index in [1.54, 1.807) is 0 Å². The molecule has 0 radical (unpaired) electrons. The molecule has 2 heteroatoms. The molecule has 2 N–H and O–H groups in total. The van der Waals surface area contributed by atoms with Crippen molar-refractivity contribution >= 4 is 0 Å². The molecule has 94 valence electrons. The standard InChI is InChI=1S/C14H28N2/c1-11-7-8-14(15)12(9-11)10-16(2)13-5-3-4-6-13/h11-14H,3-10,15H2,1-2H3. The molecular formula is C14H28N2. The highest BCUT2D eigenvalue weighted by atomic mass is 15.1. The van der Waals surface area contributed by atoms with Gasteiger partial charge in [-0.25, -0.2) is 0 Å². The summed E-state index contributed by atoms with van der Waals surface area (Å²) in [6, 6.07) is 1.31. The third kappa shape index (κ3) is 2.98. The van der Waals surface area contributed by atoms with Crippen molar-refractivity contribution in [3.63, 3.8) is 0 Å². The molecule has 2 aliphatic rings. The Morgan fingerprint density at radius 2 is 1.81 bits per heavy atom. The van der Waals surface area contributed by atoms with Crippen molar-refractivity contribution in [1.29, 1.82) is 0 Å². The fourth-order valence-electron chi connectivity index (χ4n) is 3.60. The number of nitrogens with zero attached hydrogens (tertiary/aromatic N) is 1. The van der Waals surface area contributed by atoms with Crippen molar-refractivity contribution in [2.24, 2.45) is 17.6 Å². The minimum atomic E-state index is 0.458. The van der Waals surface area contributed by atoms with E-state index in [1.807, 2.05) is 0 Å². The van der Waals surface area contributed by atoms with Crippen LogP contribution in [0.3, 0.4) is 0 Å². The van der Waals surface area contributed by atoms with E-state index in [2.05, 4.69) is 18.9 Å². The summed E-state index contributed by atoms with van der Waals surface area (Å²) in [4.78, 5) is 2.59. The fraction of sp³-hybridized carbons (Fsp3) is 1.00. The number of nitrogens with two attached hydrogens (primary N) is 1. The number of rotatable bonds is 3. The Balaban J connectivity index is 1.82. The van der Waals surface area contributed by atoms with E-state index in [0.717, 1.165) is 17.9 Å². The second-order valence-corrected chi connectivity index (χ2v) is 6.22. The van der Waals surface area contributed by atoms with Crippen LogP contribution in [0.5, 0.6) is 0 Å². The smallest absolute Gasteiger partial charge is 0.00923 e. The summed E-state index contributed by atoms with van der Waals surface area (Å²) >= 11 is 0. The lowest BCUT2D eigenvalue weighted by molar-refractivity contribution is 0.150. The number of hydrogen-bond donors (Lipinski definition) is 1. The van der Waals surface area contributed by atoms with Crippen LogP contribution >= 0.6 is 0 Å². The molecule has 2 aliphatic carbocycles. The maximum absolute atomic E-state index is 6.26. The third-order valence-electron chi connectivity index (χ3n) is 4.77. The van der Waals surface area contributed by atoms with Crippen molar-refractivity contribution in [3.05, 3.63) is 0 Å². The minimum Gasteiger partial charge on any atom is -0.327 e. The first-order valence-corrected chi connectivity index (χ1v) is 7.12. The van der Waals surface area contributed by atoms with Gasteiger partial charge in [0.2, 0.25) is 0 Å². The van der Waals surface area contributed by atoms with Crippen LogP contribution in [0.1, 0.15) is 51.9 Å². The Morgan fingerprint density at radius 1 is 1.12 bits per heavy atom. The maximum Gasteiger partial charge on any atom is 0.00923 e. The predicted molar refractivity (Wildman–Crippen MR) is 69.4 cm³/mol. The van der Waals surface area contributed by atoms with Gasteiger partial charge in [0, 0.05) is 18.6 Å². The van der Waals surface area contributed by atoms with Crippen LogP contribution in [-0.4, -0.2) is 30.6 Å².